The van der Waals surface area contributed by atoms with Gasteiger partial charge in [0.1, 0.15) is 18.1 Å². The minimum absolute atomic E-state index is 0.128. The van der Waals surface area contributed by atoms with Crippen LogP contribution < -0.4 is 4.74 Å². The summed E-state index contributed by atoms with van der Waals surface area (Å²) in [5.41, 5.74) is 1.56. The molecule has 2 aromatic carbocycles. The van der Waals surface area contributed by atoms with Crippen molar-refractivity contribution in [2.24, 2.45) is 4.99 Å². The Labute approximate surface area is 158 Å². The molecule has 0 spiro atoms. The van der Waals surface area contributed by atoms with Crippen molar-refractivity contribution < 1.29 is 22.7 Å². The molecule has 0 fully saturated rings. The van der Waals surface area contributed by atoms with Crippen LogP contribution in [0.15, 0.2) is 58.4 Å². The van der Waals surface area contributed by atoms with Crippen molar-refractivity contribution in [1.29, 1.82) is 0 Å². The number of aryl methyl sites for hydroxylation is 1. The van der Waals surface area contributed by atoms with Crippen LogP contribution >= 0.6 is 0 Å². The summed E-state index contributed by atoms with van der Waals surface area (Å²) >= 11 is 0. The molecule has 0 unspecified atom stereocenters. The van der Waals surface area contributed by atoms with Gasteiger partial charge in [0.05, 0.1) is 19.1 Å². The molecule has 0 aliphatic carbocycles. The largest absolute Gasteiger partial charge is 0.497 e. The molecule has 2 aromatic rings. The van der Waals surface area contributed by atoms with E-state index in [1.807, 2.05) is 6.92 Å². The SMILES string of the molecule is COC(=O)[C@@H]1N=CN(S(=O)(=O)c2ccc(C)cc2)[C@H]1c1ccc(OC)cc1. The molecule has 142 valence electrons. The number of ether oxygens (including phenoxy) is 2. The number of esters is 1. The maximum absolute atomic E-state index is 13.2. The summed E-state index contributed by atoms with van der Waals surface area (Å²) < 4.78 is 37.4. The summed E-state index contributed by atoms with van der Waals surface area (Å²) in [5.74, 6) is 0.0221. The van der Waals surface area contributed by atoms with Gasteiger partial charge in [-0.3, -0.25) is 4.99 Å². The lowest BCUT2D eigenvalue weighted by molar-refractivity contribution is -0.142. The third-order valence-electron chi connectivity index (χ3n) is 4.41. The minimum Gasteiger partial charge on any atom is -0.497 e. The molecule has 1 aliphatic rings. The highest BCUT2D eigenvalue weighted by molar-refractivity contribution is 7.89. The monoisotopic (exact) mass is 388 g/mol. The Balaban J connectivity index is 2.05. The molecular formula is C19H20N2O5S. The molecule has 0 aromatic heterocycles. The van der Waals surface area contributed by atoms with Crippen LogP contribution in [0.5, 0.6) is 5.75 Å². The molecule has 0 N–H and O–H groups in total. The summed E-state index contributed by atoms with van der Waals surface area (Å²) in [6, 6.07) is 11.5. The van der Waals surface area contributed by atoms with Crippen molar-refractivity contribution in [3.63, 3.8) is 0 Å². The average Bonchev–Trinajstić information content (AvgIpc) is 3.13. The Kier molecular flexibility index (Phi) is 5.18. The highest BCUT2D eigenvalue weighted by Gasteiger charge is 2.43. The molecule has 8 heteroatoms. The van der Waals surface area contributed by atoms with Gasteiger partial charge < -0.3 is 9.47 Å². The molecule has 0 bridgehead atoms. The van der Waals surface area contributed by atoms with Gasteiger partial charge in [0, 0.05) is 0 Å². The third kappa shape index (κ3) is 3.52. The second kappa shape index (κ2) is 7.40. The van der Waals surface area contributed by atoms with E-state index < -0.39 is 28.1 Å². The van der Waals surface area contributed by atoms with E-state index >= 15 is 0 Å². The van der Waals surface area contributed by atoms with Crippen LogP contribution in [-0.4, -0.2) is 45.3 Å². The molecule has 0 saturated carbocycles. The summed E-state index contributed by atoms with van der Waals surface area (Å²) in [4.78, 5) is 16.4. The predicted octanol–water partition coefficient (Wildman–Crippen LogP) is 2.32. The van der Waals surface area contributed by atoms with Crippen LogP contribution in [0.1, 0.15) is 17.2 Å². The van der Waals surface area contributed by atoms with Gasteiger partial charge >= 0.3 is 5.97 Å². The van der Waals surface area contributed by atoms with Crippen LogP contribution in [0.2, 0.25) is 0 Å². The standard InChI is InChI=1S/C19H20N2O5S/c1-13-4-10-16(11-5-13)27(23,24)21-12-20-17(19(22)26-3)18(21)14-6-8-15(25-2)9-7-14/h4-12,17-18H,1-3H3/t17-,18+/m1/s1. The zero-order chi connectivity index (χ0) is 19.6. The molecule has 7 nitrogen and oxygen atoms in total. The smallest absolute Gasteiger partial charge is 0.333 e. The molecule has 1 aliphatic heterocycles. The van der Waals surface area contributed by atoms with Gasteiger partial charge in [-0.05, 0) is 36.8 Å². The summed E-state index contributed by atoms with van der Waals surface area (Å²) in [5, 5.41) is 0. The second-order valence-electron chi connectivity index (χ2n) is 6.10. The fourth-order valence-corrected chi connectivity index (χ4v) is 4.35. The predicted molar refractivity (Wildman–Crippen MR) is 100 cm³/mol. The van der Waals surface area contributed by atoms with Gasteiger partial charge in [-0.15, -0.1) is 0 Å². The van der Waals surface area contributed by atoms with E-state index in [2.05, 4.69) is 4.99 Å². The fourth-order valence-electron chi connectivity index (χ4n) is 2.91. The van der Waals surface area contributed by atoms with E-state index in [4.69, 9.17) is 9.47 Å². The molecule has 2 atom stereocenters. The molecule has 27 heavy (non-hydrogen) atoms. The van der Waals surface area contributed by atoms with E-state index in [1.54, 1.807) is 43.5 Å². The number of sulfonamides is 1. The third-order valence-corrected chi connectivity index (χ3v) is 6.16. The van der Waals surface area contributed by atoms with Crippen molar-refractivity contribution in [2.75, 3.05) is 14.2 Å². The summed E-state index contributed by atoms with van der Waals surface area (Å²) in [6.07, 6.45) is 1.19. The first-order valence-electron chi connectivity index (χ1n) is 8.24. The lowest BCUT2D eigenvalue weighted by atomic mass is 10.0. The number of aliphatic imine (C=N–C) groups is 1. The molecule has 0 radical (unpaired) electrons. The van der Waals surface area contributed by atoms with E-state index in [0.29, 0.717) is 11.3 Å². The van der Waals surface area contributed by atoms with Gasteiger partial charge in [0.25, 0.3) is 10.0 Å². The van der Waals surface area contributed by atoms with Crippen molar-refractivity contribution in [2.45, 2.75) is 23.9 Å². The Hall–Kier alpha value is -2.87. The van der Waals surface area contributed by atoms with E-state index in [0.717, 1.165) is 9.87 Å². The number of hydrogen-bond donors (Lipinski definition) is 0. The Morgan fingerprint density at radius 3 is 2.22 bits per heavy atom. The van der Waals surface area contributed by atoms with Gasteiger partial charge in [-0.25, -0.2) is 17.5 Å². The fraction of sp³-hybridized carbons (Fsp3) is 0.263. The molecule has 0 saturated heterocycles. The van der Waals surface area contributed by atoms with Crippen molar-refractivity contribution >= 4 is 22.3 Å². The summed E-state index contributed by atoms with van der Waals surface area (Å²) in [6.45, 7) is 1.88. The number of methoxy groups -OCH3 is 2. The quantitative estimate of drug-likeness (QED) is 0.734. The average molecular weight is 388 g/mol. The number of benzene rings is 2. The molecule has 0 amide bonds. The minimum atomic E-state index is -3.90. The Morgan fingerprint density at radius 2 is 1.67 bits per heavy atom. The normalized spacial score (nSPS) is 19.1. The lowest BCUT2D eigenvalue weighted by Crippen LogP contribution is -2.37. The number of rotatable bonds is 5. The highest BCUT2D eigenvalue weighted by atomic mass is 32.2. The van der Waals surface area contributed by atoms with Crippen LogP contribution in [-0.2, 0) is 19.6 Å². The van der Waals surface area contributed by atoms with Crippen LogP contribution in [0, 0.1) is 6.92 Å². The zero-order valence-electron chi connectivity index (χ0n) is 15.2. The lowest BCUT2D eigenvalue weighted by Gasteiger charge is -2.27. The molecule has 3 rings (SSSR count). The van der Waals surface area contributed by atoms with Crippen molar-refractivity contribution in [1.82, 2.24) is 4.31 Å². The van der Waals surface area contributed by atoms with Gasteiger partial charge in [0.15, 0.2) is 6.04 Å². The summed E-state index contributed by atoms with van der Waals surface area (Å²) in [7, 11) is -1.11. The topological polar surface area (TPSA) is 85.3 Å². The van der Waals surface area contributed by atoms with E-state index in [-0.39, 0.29) is 4.90 Å². The highest BCUT2D eigenvalue weighted by Crippen LogP contribution is 2.35. The van der Waals surface area contributed by atoms with E-state index in [9.17, 15) is 13.2 Å². The molecular weight excluding hydrogens is 368 g/mol. The first kappa shape index (κ1) is 18.9. The maximum Gasteiger partial charge on any atom is 0.333 e. The van der Waals surface area contributed by atoms with Gasteiger partial charge in [0.2, 0.25) is 0 Å². The van der Waals surface area contributed by atoms with Crippen LogP contribution in [0.25, 0.3) is 0 Å². The number of carbonyl (C=O) groups is 1. The molecule has 1 heterocycles. The number of carbonyl (C=O) groups excluding carboxylic acids is 1. The van der Waals surface area contributed by atoms with Crippen molar-refractivity contribution in [3.8, 4) is 5.75 Å². The second-order valence-corrected chi connectivity index (χ2v) is 7.94. The van der Waals surface area contributed by atoms with Gasteiger partial charge in [-0.2, -0.15) is 0 Å². The van der Waals surface area contributed by atoms with Gasteiger partial charge in [-0.1, -0.05) is 29.8 Å². The van der Waals surface area contributed by atoms with Crippen molar-refractivity contribution in [3.05, 3.63) is 59.7 Å². The first-order chi connectivity index (χ1) is 12.9. The number of hydrogen-bond acceptors (Lipinski definition) is 6. The number of nitrogens with zero attached hydrogens (tertiary/aromatic N) is 2. The van der Waals surface area contributed by atoms with Crippen LogP contribution in [0.4, 0.5) is 0 Å². The Morgan fingerprint density at radius 1 is 1.04 bits per heavy atom. The van der Waals surface area contributed by atoms with E-state index in [1.165, 1.54) is 25.6 Å². The Bertz CT molecular complexity index is 953. The zero-order valence-corrected chi connectivity index (χ0v) is 16.0. The maximum atomic E-state index is 13.2. The first-order valence-corrected chi connectivity index (χ1v) is 9.68. The van der Waals surface area contributed by atoms with Crippen LogP contribution in [0.3, 0.4) is 0 Å².